The van der Waals surface area contributed by atoms with Crippen LogP contribution in [0.1, 0.15) is 41.9 Å². The number of amides is 2. The molecule has 1 aromatic heterocycles. The quantitative estimate of drug-likeness (QED) is 0.908. The molecule has 1 aromatic rings. The number of aliphatic imine (C=N–C) groups is 1. The standard InChI is InChI=1S/C17H15N3O3/c1-9-6-16(21)19-13-7-11(4-5-12(9)13)18-17(22)14-8-15(23-20-14)10-2-3-10/h4-8,10,12H,2-3H2,1H3,(H,19,21). The van der Waals surface area contributed by atoms with Crippen molar-refractivity contribution in [3.63, 3.8) is 0 Å². The van der Waals surface area contributed by atoms with Crippen molar-refractivity contribution in [3.05, 3.63) is 53.1 Å². The molecule has 6 heteroatoms. The average Bonchev–Trinajstić information content (AvgIpc) is 3.23. The van der Waals surface area contributed by atoms with Crippen molar-refractivity contribution in [2.75, 3.05) is 0 Å². The molecule has 2 aliphatic carbocycles. The lowest BCUT2D eigenvalue weighted by molar-refractivity contribution is -0.116. The summed E-state index contributed by atoms with van der Waals surface area (Å²) >= 11 is 0. The highest BCUT2D eigenvalue weighted by atomic mass is 16.5. The second-order valence-corrected chi connectivity index (χ2v) is 6.04. The Kier molecular flexibility index (Phi) is 3.11. The zero-order valence-corrected chi connectivity index (χ0v) is 12.6. The minimum atomic E-state index is -0.440. The Bertz CT molecular complexity index is 822. The molecule has 1 N–H and O–H groups in total. The minimum absolute atomic E-state index is 0.0373. The molecule has 1 aliphatic heterocycles. The van der Waals surface area contributed by atoms with Crippen LogP contribution in [-0.4, -0.2) is 22.7 Å². The number of hydrogen-bond donors (Lipinski definition) is 1. The maximum atomic E-state index is 12.2. The second kappa shape index (κ2) is 5.15. The van der Waals surface area contributed by atoms with Crippen LogP contribution in [0, 0.1) is 5.92 Å². The topological polar surface area (TPSA) is 84.6 Å². The molecule has 1 unspecified atom stereocenters. The Balaban J connectivity index is 1.57. The Morgan fingerprint density at radius 1 is 1.39 bits per heavy atom. The molecule has 2 heterocycles. The van der Waals surface area contributed by atoms with E-state index in [2.05, 4.69) is 15.5 Å². The number of nitrogens with zero attached hydrogens (tertiary/aromatic N) is 2. The molecule has 0 bridgehead atoms. The van der Waals surface area contributed by atoms with E-state index in [9.17, 15) is 9.59 Å². The number of hydrogen-bond acceptors (Lipinski definition) is 4. The molecule has 0 saturated heterocycles. The molecule has 116 valence electrons. The first-order chi connectivity index (χ1) is 11.1. The van der Waals surface area contributed by atoms with Gasteiger partial charge in [-0.25, -0.2) is 4.99 Å². The third kappa shape index (κ3) is 2.67. The van der Waals surface area contributed by atoms with E-state index in [4.69, 9.17) is 4.52 Å². The molecule has 1 fully saturated rings. The molecule has 6 nitrogen and oxygen atoms in total. The van der Waals surface area contributed by atoms with Gasteiger partial charge in [0, 0.05) is 29.7 Å². The molecule has 0 spiro atoms. The number of nitrogens with one attached hydrogen (secondary N) is 1. The van der Waals surface area contributed by atoms with Crippen LogP contribution in [0.2, 0.25) is 0 Å². The number of aromatic nitrogens is 1. The fourth-order valence-electron chi connectivity index (χ4n) is 2.78. The van der Waals surface area contributed by atoms with Gasteiger partial charge in [0.15, 0.2) is 5.69 Å². The van der Waals surface area contributed by atoms with Crippen molar-refractivity contribution in [1.29, 1.82) is 0 Å². The average molecular weight is 309 g/mol. The molecule has 0 radical (unpaired) electrons. The molecular formula is C17H15N3O3. The summed E-state index contributed by atoms with van der Waals surface area (Å²) in [5.74, 6) is 0.602. The summed E-state index contributed by atoms with van der Waals surface area (Å²) in [4.78, 5) is 27.8. The lowest BCUT2D eigenvalue weighted by atomic mass is 9.89. The van der Waals surface area contributed by atoms with E-state index in [0.717, 1.165) is 29.9 Å². The first-order valence-corrected chi connectivity index (χ1v) is 7.59. The van der Waals surface area contributed by atoms with Crippen LogP contribution in [-0.2, 0) is 4.79 Å². The van der Waals surface area contributed by atoms with Gasteiger partial charge < -0.3 is 9.84 Å². The van der Waals surface area contributed by atoms with Gasteiger partial charge in [-0.2, -0.15) is 0 Å². The number of carbonyl (C=O) groups is 2. The maximum absolute atomic E-state index is 12.2. The monoisotopic (exact) mass is 309 g/mol. The van der Waals surface area contributed by atoms with Crippen LogP contribution in [0.5, 0.6) is 0 Å². The van der Waals surface area contributed by atoms with Crippen molar-refractivity contribution >= 4 is 17.5 Å². The highest BCUT2D eigenvalue weighted by Crippen LogP contribution is 2.40. The lowest BCUT2D eigenvalue weighted by Crippen LogP contribution is -2.32. The van der Waals surface area contributed by atoms with Crippen molar-refractivity contribution < 1.29 is 14.1 Å². The van der Waals surface area contributed by atoms with Crippen molar-refractivity contribution in [2.24, 2.45) is 10.9 Å². The molecule has 2 amide bonds. The van der Waals surface area contributed by atoms with E-state index in [1.807, 2.05) is 13.0 Å². The van der Waals surface area contributed by atoms with Crippen LogP contribution in [0.4, 0.5) is 0 Å². The Hall–Kier alpha value is -2.76. The fraction of sp³-hybridized carbons (Fsp3) is 0.294. The summed E-state index contributed by atoms with van der Waals surface area (Å²) in [6.07, 6.45) is 9.17. The first-order valence-electron chi connectivity index (χ1n) is 7.59. The zero-order valence-electron chi connectivity index (χ0n) is 12.6. The normalized spacial score (nSPS) is 24.8. The van der Waals surface area contributed by atoms with Crippen LogP contribution in [0.25, 0.3) is 0 Å². The number of carbonyl (C=O) groups excluding carboxylic acids is 2. The van der Waals surface area contributed by atoms with E-state index in [1.165, 1.54) is 0 Å². The predicted octanol–water partition coefficient (Wildman–Crippen LogP) is 2.28. The minimum Gasteiger partial charge on any atom is -0.360 e. The highest BCUT2D eigenvalue weighted by Gasteiger charge is 2.29. The van der Waals surface area contributed by atoms with Crippen molar-refractivity contribution in [1.82, 2.24) is 10.5 Å². The summed E-state index contributed by atoms with van der Waals surface area (Å²) in [5.41, 5.74) is 2.42. The van der Waals surface area contributed by atoms with Gasteiger partial charge in [-0.05, 0) is 31.9 Å². The maximum Gasteiger partial charge on any atom is 0.299 e. The molecule has 0 aromatic carbocycles. The molecule has 23 heavy (non-hydrogen) atoms. The SMILES string of the molecule is CC1=CC(=O)NC2=CC(=NC(=O)c3cc(C4CC4)on3)C=CC12. The summed E-state index contributed by atoms with van der Waals surface area (Å²) in [7, 11) is 0. The van der Waals surface area contributed by atoms with E-state index >= 15 is 0 Å². The predicted molar refractivity (Wildman–Crippen MR) is 82.9 cm³/mol. The van der Waals surface area contributed by atoms with Gasteiger partial charge in [-0.1, -0.05) is 16.8 Å². The molecule has 1 atom stereocenters. The van der Waals surface area contributed by atoms with E-state index in [1.54, 1.807) is 24.3 Å². The third-order valence-electron chi connectivity index (χ3n) is 4.17. The second-order valence-electron chi connectivity index (χ2n) is 6.04. The molecule has 3 aliphatic rings. The van der Waals surface area contributed by atoms with Gasteiger partial charge >= 0.3 is 0 Å². The zero-order chi connectivity index (χ0) is 16.0. The van der Waals surface area contributed by atoms with Gasteiger partial charge in [0.05, 0.1) is 5.71 Å². The third-order valence-corrected chi connectivity index (χ3v) is 4.17. The van der Waals surface area contributed by atoms with Gasteiger partial charge in [0.2, 0.25) is 5.91 Å². The van der Waals surface area contributed by atoms with Gasteiger partial charge in [0.25, 0.3) is 5.91 Å². The summed E-state index contributed by atoms with van der Waals surface area (Å²) in [6, 6.07) is 1.67. The molecule has 1 saturated carbocycles. The summed E-state index contributed by atoms with van der Waals surface area (Å²) in [5, 5.41) is 6.58. The van der Waals surface area contributed by atoms with E-state index in [0.29, 0.717) is 11.6 Å². The number of fused-ring (bicyclic) bond motifs is 1. The van der Waals surface area contributed by atoms with Crippen LogP contribution < -0.4 is 5.32 Å². The summed E-state index contributed by atoms with van der Waals surface area (Å²) < 4.78 is 5.17. The highest BCUT2D eigenvalue weighted by molar-refractivity contribution is 6.13. The largest absolute Gasteiger partial charge is 0.360 e. The van der Waals surface area contributed by atoms with Crippen molar-refractivity contribution in [3.8, 4) is 0 Å². The smallest absolute Gasteiger partial charge is 0.299 e. The first kappa shape index (κ1) is 13.9. The Morgan fingerprint density at radius 2 is 2.22 bits per heavy atom. The van der Waals surface area contributed by atoms with Gasteiger partial charge in [0.1, 0.15) is 5.76 Å². The Labute approximate surface area is 132 Å². The Morgan fingerprint density at radius 3 is 3.00 bits per heavy atom. The van der Waals surface area contributed by atoms with Crippen LogP contribution in [0.15, 0.2) is 51.2 Å². The van der Waals surface area contributed by atoms with Crippen LogP contribution in [0.3, 0.4) is 0 Å². The molecule has 4 rings (SSSR count). The summed E-state index contributed by atoms with van der Waals surface area (Å²) in [6.45, 7) is 1.91. The molecular weight excluding hydrogens is 294 g/mol. The number of allylic oxidation sites excluding steroid dienone is 3. The fourth-order valence-corrected chi connectivity index (χ4v) is 2.78. The van der Waals surface area contributed by atoms with E-state index < -0.39 is 5.91 Å². The van der Waals surface area contributed by atoms with Crippen LogP contribution >= 0.6 is 0 Å². The van der Waals surface area contributed by atoms with E-state index in [-0.39, 0.29) is 17.5 Å². The van der Waals surface area contributed by atoms with Gasteiger partial charge in [-0.15, -0.1) is 0 Å². The number of rotatable bonds is 2. The van der Waals surface area contributed by atoms with Crippen molar-refractivity contribution in [2.45, 2.75) is 25.7 Å². The lowest BCUT2D eigenvalue weighted by Gasteiger charge is -2.25. The van der Waals surface area contributed by atoms with Gasteiger partial charge in [-0.3, -0.25) is 9.59 Å².